The third-order valence-electron chi connectivity index (χ3n) is 2.56. The van der Waals surface area contributed by atoms with Gasteiger partial charge in [-0.15, -0.1) is 0 Å². The van der Waals surface area contributed by atoms with E-state index in [1.807, 2.05) is 6.92 Å². The molecule has 2 N–H and O–H groups in total. The van der Waals surface area contributed by atoms with Crippen LogP contribution in [0.15, 0.2) is 0 Å². The third-order valence-corrected chi connectivity index (χ3v) is 2.56. The van der Waals surface area contributed by atoms with Crippen molar-refractivity contribution in [2.75, 3.05) is 20.6 Å². The van der Waals surface area contributed by atoms with Crippen LogP contribution in [0.1, 0.15) is 19.8 Å². The fraction of sp³-hybridized carbons (Fsp3) is 0.800. The van der Waals surface area contributed by atoms with Crippen molar-refractivity contribution in [3.05, 3.63) is 0 Å². The maximum Gasteiger partial charge on any atom is 0.238 e. The van der Waals surface area contributed by atoms with Gasteiger partial charge >= 0.3 is 0 Å². The Hall–Kier alpha value is -1.10. The fourth-order valence-corrected chi connectivity index (χ4v) is 1.69. The molecule has 86 valence electrons. The van der Waals surface area contributed by atoms with Gasteiger partial charge in [0.1, 0.15) is 0 Å². The summed E-state index contributed by atoms with van der Waals surface area (Å²) in [6, 6.07) is 0.0154. The van der Waals surface area contributed by atoms with E-state index in [2.05, 4.69) is 10.6 Å². The van der Waals surface area contributed by atoms with Crippen LogP contribution in [0.3, 0.4) is 0 Å². The Balaban J connectivity index is 2.35. The number of carbonyl (C=O) groups excluding carboxylic acids is 2. The summed E-state index contributed by atoms with van der Waals surface area (Å²) in [5.74, 6) is 0.159. The molecule has 0 aromatic heterocycles. The Labute approximate surface area is 90.2 Å². The first-order valence-corrected chi connectivity index (χ1v) is 5.24. The van der Waals surface area contributed by atoms with Gasteiger partial charge in [-0.3, -0.25) is 9.59 Å². The molecule has 0 saturated carbocycles. The third kappa shape index (κ3) is 3.51. The van der Waals surface area contributed by atoms with E-state index in [1.54, 1.807) is 19.0 Å². The first-order chi connectivity index (χ1) is 7.00. The molecule has 1 aliphatic heterocycles. The molecule has 0 radical (unpaired) electrons. The van der Waals surface area contributed by atoms with Crippen LogP contribution in [-0.4, -0.2) is 49.4 Å². The lowest BCUT2D eigenvalue weighted by molar-refractivity contribution is -0.130. The Morgan fingerprint density at radius 1 is 1.60 bits per heavy atom. The van der Waals surface area contributed by atoms with E-state index in [0.717, 1.165) is 6.42 Å². The second-order valence-corrected chi connectivity index (χ2v) is 4.16. The van der Waals surface area contributed by atoms with Gasteiger partial charge in [-0.2, -0.15) is 0 Å². The minimum absolute atomic E-state index is 0.0619. The molecule has 2 atom stereocenters. The van der Waals surface area contributed by atoms with Gasteiger partial charge in [-0.1, -0.05) is 0 Å². The highest BCUT2D eigenvalue weighted by atomic mass is 16.2. The molecule has 2 unspecified atom stereocenters. The normalized spacial score (nSPS) is 23.1. The Morgan fingerprint density at radius 3 is 2.73 bits per heavy atom. The largest absolute Gasteiger partial charge is 0.355 e. The molecule has 1 saturated heterocycles. The SMILES string of the molecule is CC(NC1CCC(=O)NC1)C(=O)N(C)C. The number of likely N-dealkylation sites (N-methyl/N-ethyl adjacent to an activating group) is 1. The first kappa shape index (κ1) is 12.0. The quantitative estimate of drug-likeness (QED) is 0.653. The van der Waals surface area contributed by atoms with Crippen molar-refractivity contribution in [3.8, 4) is 0 Å². The summed E-state index contributed by atoms with van der Waals surface area (Å²) in [6.07, 6.45) is 1.34. The zero-order valence-corrected chi connectivity index (χ0v) is 9.54. The van der Waals surface area contributed by atoms with Gasteiger partial charge in [0.2, 0.25) is 11.8 Å². The van der Waals surface area contributed by atoms with Crippen molar-refractivity contribution in [2.45, 2.75) is 31.8 Å². The van der Waals surface area contributed by atoms with Crippen molar-refractivity contribution >= 4 is 11.8 Å². The predicted octanol–water partition coefficient (Wildman–Crippen LogP) is -0.669. The number of piperidine rings is 1. The summed E-state index contributed by atoms with van der Waals surface area (Å²) in [5, 5.41) is 5.99. The molecule has 0 bridgehead atoms. The molecule has 1 fully saturated rings. The molecular formula is C10H19N3O2. The summed E-state index contributed by atoms with van der Waals surface area (Å²) < 4.78 is 0. The second-order valence-electron chi connectivity index (χ2n) is 4.16. The zero-order valence-electron chi connectivity index (χ0n) is 9.54. The van der Waals surface area contributed by atoms with Gasteiger partial charge in [-0.05, 0) is 13.3 Å². The van der Waals surface area contributed by atoms with Crippen LogP contribution in [-0.2, 0) is 9.59 Å². The standard InChI is InChI=1S/C10H19N3O2/c1-7(10(15)13(2)3)12-8-4-5-9(14)11-6-8/h7-8,12H,4-6H2,1-3H3,(H,11,14). The molecule has 1 aliphatic rings. The number of nitrogens with one attached hydrogen (secondary N) is 2. The first-order valence-electron chi connectivity index (χ1n) is 5.24. The number of hydrogen-bond acceptors (Lipinski definition) is 3. The molecule has 0 aromatic rings. The smallest absolute Gasteiger partial charge is 0.238 e. The molecule has 5 heteroatoms. The second kappa shape index (κ2) is 5.11. The van der Waals surface area contributed by atoms with E-state index >= 15 is 0 Å². The van der Waals surface area contributed by atoms with Crippen LogP contribution in [0.5, 0.6) is 0 Å². The monoisotopic (exact) mass is 213 g/mol. The van der Waals surface area contributed by atoms with E-state index in [0.29, 0.717) is 13.0 Å². The number of hydrogen-bond donors (Lipinski definition) is 2. The summed E-state index contributed by atoms with van der Waals surface area (Å²) in [7, 11) is 3.48. The van der Waals surface area contributed by atoms with E-state index in [1.165, 1.54) is 0 Å². The maximum absolute atomic E-state index is 11.6. The Bertz CT molecular complexity index is 243. The average molecular weight is 213 g/mol. The summed E-state index contributed by atoms with van der Waals surface area (Å²) in [6.45, 7) is 2.46. The van der Waals surface area contributed by atoms with Crippen LogP contribution >= 0.6 is 0 Å². The highest BCUT2D eigenvalue weighted by molar-refractivity contribution is 5.81. The summed E-state index contributed by atoms with van der Waals surface area (Å²) in [4.78, 5) is 24.0. The zero-order chi connectivity index (χ0) is 11.4. The topological polar surface area (TPSA) is 61.4 Å². The Kier molecular flexibility index (Phi) is 4.08. The van der Waals surface area contributed by atoms with Crippen LogP contribution < -0.4 is 10.6 Å². The molecule has 5 nitrogen and oxygen atoms in total. The lowest BCUT2D eigenvalue weighted by Gasteiger charge is -2.27. The van der Waals surface area contributed by atoms with Gasteiger partial charge in [0.05, 0.1) is 6.04 Å². The molecular weight excluding hydrogens is 194 g/mol. The van der Waals surface area contributed by atoms with Crippen molar-refractivity contribution < 1.29 is 9.59 Å². The van der Waals surface area contributed by atoms with Crippen molar-refractivity contribution in [3.63, 3.8) is 0 Å². The molecule has 0 aliphatic carbocycles. The van der Waals surface area contributed by atoms with Gasteiger partial charge in [0.15, 0.2) is 0 Å². The van der Waals surface area contributed by atoms with Crippen LogP contribution in [0.2, 0.25) is 0 Å². The van der Waals surface area contributed by atoms with Crippen molar-refractivity contribution in [2.24, 2.45) is 0 Å². The van der Waals surface area contributed by atoms with E-state index < -0.39 is 0 Å². The summed E-state index contributed by atoms with van der Waals surface area (Å²) in [5.41, 5.74) is 0. The minimum Gasteiger partial charge on any atom is -0.355 e. The molecule has 15 heavy (non-hydrogen) atoms. The minimum atomic E-state index is -0.194. The van der Waals surface area contributed by atoms with Gasteiger partial charge in [0, 0.05) is 33.1 Å². The summed E-state index contributed by atoms with van der Waals surface area (Å²) >= 11 is 0. The van der Waals surface area contributed by atoms with Gasteiger partial charge in [0.25, 0.3) is 0 Å². The highest BCUT2D eigenvalue weighted by Gasteiger charge is 2.22. The van der Waals surface area contributed by atoms with E-state index in [9.17, 15) is 9.59 Å². The molecule has 2 amide bonds. The van der Waals surface area contributed by atoms with Crippen LogP contribution in [0.4, 0.5) is 0 Å². The fourth-order valence-electron chi connectivity index (χ4n) is 1.69. The lowest BCUT2D eigenvalue weighted by Crippen LogP contribution is -2.52. The lowest BCUT2D eigenvalue weighted by atomic mass is 10.1. The molecule has 0 spiro atoms. The van der Waals surface area contributed by atoms with Gasteiger partial charge < -0.3 is 15.5 Å². The molecule has 1 heterocycles. The Morgan fingerprint density at radius 2 is 2.27 bits per heavy atom. The highest BCUT2D eigenvalue weighted by Crippen LogP contribution is 2.04. The van der Waals surface area contributed by atoms with Crippen LogP contribution in [0.25, 0.3) is 0 Å². The number of nitrogens with zero attached hydrogens (tertiary/aromatic N) is 1. The average Bonchev–Trinajstić information content (AvgIpc) is 2.20. The number of amides is 2. The number of rotatable bonds is 3. The van der Waals surface area contributed by atoms with Crippen molar-refractivity contribution in [1.82, 2.24) is 15.5 Å². The van der Waals surface area contributed by atoms with Gasteiger partial charge in [-0.25, -0.2) is 0 Å². The van der Waals surface area contributed by atoms with Crippen LogP contribution in [0, 0.1) is 0 Å². The number of carbonyl (C=O) groups is 2. The van der Waals surface area contributed by atoms with Crippen molar-refractivity contribution in [1.29, 1.82) is 0 Å². The molecule has 1 rings (SSSR count). The predicted molar refractivity (Wildman–Crippen MR) is 57.3 cm³/mol. The van der Waals surface area contributed by atoms with E-state index in [-0.39, 0.29) is 23.9 Å². The molecule has 0 aromatic carbocycles. The maximum atomic E-state index is 11.6. The van der Waals surface area contributed by atoms with E-state index in [4.69, 9.17) is 0 Å².